The molecule has 0 radical (unpaired) electrons. The SMILES string of the molecule is c1ccc(-n2c3ccccc3c3[n+]2-c2ccccc2N2B3c3ccccc3-c3ccccc32)cc1. The van der Waals surface area contributed by atoms with Gasteiger partial charge in [-0.05, 0) is 47.4 Å². The Bertz CT molecular complexity index is 1770. The Morgan fingerprint density at radius 3 is 2.09 bits per heavy atom. The van der Waals surface area contributed by atoms with Crippen molar-refractivity contribution in [3.05, 3.63) is 127 Å². The van der Waals surface area contributed by atoms with E-state index in [-0.39, 0.29) is 6.85 Å². The summed E-state index contributed by atoms with van der Waals surface area (Å²) in [6, 6.07) is 46.0. The van der Waals surface area contributed by atoms with Gasteiger partial charge < -0.3 is 4.81 Å². The summed E-state index contributed by atoms with van der Waals surface area (Å²) in [5.41, 5.74) is 11.3. The lowest BCUT2D eigenvalue weighted by molar-refractivity contribution is -0.655. The van der Waals surface area contributed by atoms with Crippen molar-refractivity contribution in [1.82, 2.24) is 4.68 Å². The van der Waals surface area contributed by atoms with E-state index in [0.717, 1.165) is 5.69 Å². The van der Waals surface area contributed by atoms with E-state index in [2.05, 4.69) is 142 Å². The van der Waals surface area contributed by atoms with Crippen LogP contribution in [0.3, 0.4) is 0 Å². The highest BCUT2D eigenvalue weighted by Crippen LogP contribution is 2.42. The van der Waals surface area contributed by atoms with Crippen LogP contribution < -0.4 is 20.5 Å². The number of hydrogen-bond donors (Lipinski definition) is 0. The zero-order chi connectivity index (χ0) is 22.9. The van der Waals surface area contributed by atoms with Crippen LogP contribution in [0.1, 0.15) is 0 Å². The molecular weight excluding hydrogens is 425 g/mol. The molecule has 0 unspecified atom stereocenters. The van der Waals surface area contributed by atoms with Crippen molar-refractivity contribution < 1.29 is 4.68 Å². The smallest absolute Gasteiger partial charge is 0.366 e. The van der Waals surface area contributed by atoms with Crippen LogP contribution in [0.2, 0.25) is 0 Å². The molecule has 3 heterocycles. The monoisotopic (exact) mass is 446 g/mol. The molecule has 0 saturated carbocycles. The molecule has 2 aliphatic rings. The van der Waals surface area contributed by atoms with Crippen LogP contribution >= 0.6 is 0 Å². The molecule has 8 rings (SSSR count). The van der Waals surface area contributed by atoms with Gasteiger partial charge in [-0.1, -0.05) is 89.6 Å². The summed E-state index contributed by atoms with van der Waals surface area (Å²) >= 11 is 0. The second-order valence-electron chi connectivity index (χ2n) is 9.23. The second-order valence-corrected chi connectivity index (χ2v) is 9.23. The van der Waals surface area contributed by atoms with Crippen molar-refractivity contribution in [3.63, 3.8) is 0 Å². The van der Waals surface area contributed by atoms with Crippen molar-refractivity contribution >= 4 is 40.2 Å². The van der Waals surface area contributed by atoms with Gasteiger partial charge in [0.15, 0.2) is 0 Å². The van der Waals surface area contributed by atoms with E-state index in [0.29, 0.717) is 0 Å². The van der Waals surface area contributed by atoms with E-state index in [1.165, 1.54) is 50.1 Å². The maximum Gasteiger partial charge on any atom is 0.414 e. The van der Waals surface area contributed by atoms with E-state index in [4.69, 9.17) is 0 Å². The largest absolute Gasteiger partial charge is 0.414 e. The van der Waals surface area contributed by atoms with Gasteiger partial charge in [0.1, 0.15) is 16.9 Å². The van der Waals surface area contributed by atoms with E-state index >= 15 is 0 Å². The van der Waals surface area contributed by atoms with Crippen molar-refractivity contribution in [1.29, 1.82) is 0 Å². The van der Waals surface area contributed by atoms with Gasteiger partial charge in [0.05, 0.1) is 5.39 Å². The molecule has 0 saturated heterocycles. The highest BCUT2D eigenvalue weighted by atomic mass is 15.4. The Morgan fingerprint density at radius 1 is 0.543 bits per heavy atom. The van der Waals surface area contributed by atoms with E-state index in [9.17, 15) is 0 Å². The summed E-state index contributed by atoms with van der Waals surface area (Å²) in [5.74, 6) is 0. The number of nitrogens with zero attached hydrogens (tertiary/aromatic N) is 3. The Morgan fingerprint density at radius 2 is 1.20 bits per heavy atom. The minimum absolute atomic E-state index is 0.0610. The predicted octanol–water partition coefficient (Wildman–Crippen LogP) is 5.15. The molecular formula is C31H21BN3+. The Balaban J connectivity index is 1.58. The number of fused-ring (bicyclic) bond motifs is 13. The fourth-order valence-electron chi connectivity index (χ4n) is 6.08. The Kier molecular flexibility index (Phi) is 3.75. The molecule has 0 spiro atoms. The van der Waals surface area contributed by atoms with Crippen LogP contribution in [0, 0.1) is 0 Å². The average molecular weight is 446 g/mol. The molecule has 162 valence electrons. The molecule has 3 nitrogen and oxygen atoms in total. The third-order valence-corrected chi connectivity index (χ3v) is 7.43. The third-order valence-electron chi connectivity index (χ3n) is 7.43. The highest BCUT2D eigenvalue weighted by Gasteiger charge is 2.51. The van der Waals surface area contributed by atoms with Gasteiger partial charge in [-0.25, -0.2) is 0 Å². The molecule has 4 heteroatoms. The van der Waals surface area contributed by atoms with E-state index in [1.54, 1.807) is 0 Å². The van der Waals surface area contributed by atoms with Gasteiger partial charge in [-0.15, -0.1) is 4.68 Å². The van der Waals surface area contributed by atoms with E-state index in [1.807, 2.05) is 0 Å². The van der Waals surface area contributed by atoms with Gasteiger partial charge >= 0.3 is 6.85 Å². The Hall–Kier alpha value is -4.57. The molecule has 0 aliphatic carbocycles. The first kappa shape index (κ1) is 18.8. The van der Waals surface area contributed by atoms with Crippen molar-refractivity contribution in [3.8, 4) is 22.5 Å². The average Bonchev–Trinajstić information content (AvgIpc) is 3.29. The second kappa shape index (κ2) is 6.97. The Labute approximate surface area is 204 Å². The summed E-state index contributed by atoms with van der Waals surface area (Å²) in [7, 11) is 0. The minimum Gasteiger partial charge on any atom is -0.366 e. The molecule has 2 aliphatic heterocycles. The first-order chi connectivity index (χ1) is 17.4. The fourth-order valence-corrected chi connectivity index (χ4v) is 6.08. The summed E-state index contributed by atoms with van der Waals surface area (Å²) in [6.45, 7) is 0.0610. The van der Waals surface area contributed by atoms with Gasteiger partial charge in [0.25, 0.3) is 5.69 Å². The molecule has 6 aromatic rings. The highest BCUT2D eigenvalue weighted by molar-refractivity contribution is 6.91. The minimum atomic E-state index is 0.0610. The number of aromatic nitrogens is 2. The fraction of sp³-hybridized carbons (Fsp3) is 0. The first-order valence-electron chi connectivity index (χ1n) is 12.1. The van der Waals surface area contributed by atoms with Crippen LogP contribution in [-0.4, -0.2) is 11.5 Å². The number of rotatable bonds is 1. The van der Waals surface area contributed by atoms with Crippen LogP contribution in [0.25, 0.3) is 33.4 Å². The first-order valence-corrected chi connectivity index (χ1v) is 12.1. The maximum atomic E-state index is 2.55. The number of anilines is 2. The lowest BCUT2D eigenvalue weighted by Crippen LogP contribution is -2.71. The van der Waals surface area contributed by atoms with Crippen molar-refractivity contribution in [2.24, 2.45) is 0 Å². The van der Waals surface area contributed by atoms with Crippen LogP contribution in [0.5, 0.6) is 0 Å². The van der Waals surface area contributed by atoms with Crippen molar-refractivity contribution in [2.45, 2.75) is 0 Å². The van der Waals surface area contributed by atoms with E-state index < -0.39 is 0 Å². The summed E-state index contributed by atoms with van der Waals surface area (Å²) < 4.78 is 4.82. The van der Waals surface area contributed by atoms with Gasteiger partial charge in [0, 0.05) is 17.3 Å². The summed E-state index contributed by atoms with van der Waals surface area (Å²) in [5, 5.41) is 1.27. The predicted molar refractivity (Wildman–Crippen MR) is 144 cm³/mol. The molecule has 0 bridgehead atoms. The standard InChI is InChI=1S/C31H21BN3/c1-2-12-22(13-3-1)34-28-19-9-6-16-25(28)31-32-26-17-7-4-14-23(26)24-15-5-8-18-27(24)33(32)29-20-10-11-21-30(29)35(31)34/h1-21H/q+1. The number of para-hydroxylation sites is 5. The normalized spacial score (nSPS) is 13.0. The molecule has 0 N–H and O–H groups in total. The van der Waals surface area contributed by atoms with Crippen LogP contribution in [0.4, 0.5) is 11.4 Å². The topological polar surface area (TPSA) is 12.0 Å². The lowest BCUT2D eigenvalue weighted by Gasteiger charge is -2.38. The molecule has 35 heavy (non-hydrogen) atoms. The molecule has 5 aromatic carbocycles. The number of hydrogen-bond acceptors (Lipinski definition) is 1. The number of benzene rings is 5. The van der Waals surface area contributed by atoms with Crippen molar-refractivity contribution in [2.75, 3.05) is 4.81 Å². The molecule has 0 atom stereocenters. The van der Waals surface area contributed by atoms with Gasteiger partial charge in [0.2, 0.25) is 5.59 Å². The molecule has 1 aromatic heterocycles. The summed E-state index contributed by atoms with van der Waals surface area (Å²) in [6.07, 6.45) is 0. The summed E-state index contributed by atoms with van der Waals surface area (Å²) in [4.78, 5) is 2.55. The maximum absolute atomic E-state index is 2.55. The zero-order valence-corrected chi connectivity index (χ0v) is 19.0. The quantitative estimate of drug-likeness (QED) is 0.252. The zero-order valence-electron chi connectivity index (χ0n) is 19.0. The molecule has 0 amide bonds. The van der Waals surface area contributed by atoms with Crippen LogP contribution in [-0.2, 0) is 0 Å². The van der Waals surface area contributed by atoms with Gasteiger partial charge in [-0.3, -0.25) is 0 Å². The third kappa shape index (κ3) is 2.43. The molecule has 0 fully saturated rings. The lowest BCUT2D eigenvalue weighted by atomic mass is 9.46. The van der Waals surface area contributed by atoms with Gasteiger partial charge in [-0.2, -0.15) is 0 Å². The van der Waals surface area contributed by atoms with Crippen LogP contribution in [0.15, 0.2) is 127 Å².